The lowest BCUT2D eigenvalue weighted by atomic mass is 9.67. The third-order valence-corrected chi connectivity index (χ3v) is 11.4. The SMILES string of the molecule is c1ccc(-c2nc3ccc(N(c4ccc5c(c4)C(c4ccccc4)(c4ccccc4)c4ccccc4-5)c4ccc5ccccc5c4)cc3s2)cc1. The summed E-state index contributed by atoms with van der Waals surface area (Å²) in [7, 11) is 0. The maximum atomic E-state index is 5.03. The van der Waals surface area contributed by atoms with E-state index in [0.717, 1.165) is 37.8 Å². The molecule has 1 aliphatic rings. The van der Waals surface area contributed by atoms with Gasteiger partial charge in [0.2, 0.25) is 0 Å². The minimum absolute atomic E-state index is 0.480. The molecule has 0 radical (unpaired) electrons. The molecule has 51 heavy (non-hydrogen) atoms. The fourth-order valence-corrected chi connectivity index (χ4v) is 9.10. The van der Waals surface area contributed by atoms with Crippen molar-refractivity contribution in [1.29, 1.82) is 0 Å². The van der Waals surface area contributed by atoms with Gasteiger partial charge in [0, 0.05) is 22.6 Å². The van der Waals surface area contributed by atoms with Crippen molar-refractivity contribution in [3.8, 4) is 21.7 Å². The number of anilines is 3. The summed E-state index contributed by atoms with van der Waals surface area (Å²) in [5.41, 5.74) is 12.7. The van der Waals surface area contributed by atoms with Crippen LogP contribution in [0, 0.1) is 0 Å². The molecule has 0 unspecified atom stereocenters. The normalized spacial score (nSPS) is 12.9. The van der Waals surface area contributed by atoms with Crippen LogP contribution in [0.15, 0.2) is 194 Å². The first-order chi connectivity index (χ1) is 25.3. The molecule has 9 aromatic rings. The van der Waals surface area contributed by atoms with Crippen molar-refractivity contribution < 1.29 is 0 Å². The van der Waals surface area contributed by atoms with Gasteiger partial charge in [-0.2, -0.15) is 0 Å². The molecule has 0 spiro atoms. The van der Waals surface area contributed by atoms with Gasteiger partial charge in [0.05, 0.1) is 15.6 Å². The number of benzene rings is 8. The molecule has 0 amide bonds. The van der Waals surface area contributed by atoms with Gasteiger partial charge in [0.25, 0.3) is 0 Å². The standard InChI is InChI=1S/C48H32N2S/c1-4-15-34(16-5-1)47-49-45-29-27-40(32-46(45)51-47)50(38-25-24-33-14-10-11-17-35(33)30-38)39-26-28-42-41-22-12-13-23-43(41)48(44(42)31-39,36-18-6-2-7-19-36)37-20-8-3-9-21-37/h1-32H. The van der Waals surface area contributed by atoms with E-state index in [1.54, 1.807) is 11.3 Å². The molecule has 0 saturated heterocycles. The van der Waals surface area contributed by atoms with Gasteiger partial charge in [0.1, 0.15) is 5.01 Å². The summed E-state index contributed by atoms with van der Waals surface area (Å²) >= 11 is 1.74. The lowest BCUT2D eigenvalue weighted by molar-refractivity contribution is 0.768. The van der Waals surface area contributed by atoms with E-state index >= 15 is 0 Å². The summed E-state index contributed by atoms with van der Waals surface area (Å²) in [4.78, 5) is 7.44. The Balaban J connectivity index is 1.22. The van der Waals surface area contributed by atoms with Crippen LogP contribution in [0.25, 0.3) is 42.7 Å². The fraction of sp³-hybridized carbons (Fsp3) is 0.0208. The molecular weight excluding hydrogens is 637 g/mol. The van der Waals surface area contributed by atoms with E-state index in [0.29, 0.717) is 0 Å². The van der Waals surface area contributed by atoms with Gasteiger partial charge in [0.15, 0.2) is 0 Å². The summed E-state index contributed by atoms with van der Waals surface area (Å²) in [6.45, 7) is 0. The monoisotopic (exact) mass is 668 g/mol. The Morgan fingerprint density at radius 3 is 1.76 bits per heavy atom. The number of fused-ring (bicyclic) bond motifs is 5. The first-order valence-electron chi connectivity index (χ1n) is 17.4. The summed E-state index contributed by atoms with van der Waals surface area (Å²) in [6.07, 6.45) is 0. The average Bonchev–Trinajstić information content (AvgIpc) is 3.76. The highest BCUT2D eigenvalue weighted by atomic mass is 32.1. The minimum atomic E-state index is -0.480. The van der Waals surface area contributed by atoms with Gasteiger partial charge >= 0.3 is 0 Å². The number of rotatable bonds is 6. The molecule has 1 heterocycles. The summed E-state index contributed by atoms with van der Waals surface area (Å²) in [5.74, 6) is 0. The molecule has 240 valence electrons. The van der Waals surface area contributed by atoms with Crippen LogP contribution >= 0.6 is 11.3 Å². The van der Waals surface area contributed by atoms with Crippen LogP contribution in [0.1, 0.15) is 22.3 Å². The summed E-state index contributed by atoms with van der Waals surface area (Å²) in [6, 6.07) is 70.6. The number of hydrogen-bond donors (Lipinski definition) is 0. The third kappa shape index (κ3) is 4.74. The van der Waals surface area contributed by atoms with Crippen molar-refractivity contribution in [2.75, 3.05) is 4.90 Å². The third-order valence-electron chi connectivity index (χ3n) is 10.3. The maximum Gasteiger partial charge on any atom is 0.124 e. The lowest BCUT2D eigenvalue weighted by Crippen LogP contribution is -2.28. The Labute approximate surface area is 301 Å². The predicted octanol–water partition coefficient (Wildman–Crippen LogP) is 12.9. The highest BCUT2D eigenvalue weighted by Gasteiger charge is 2.46. The molecule has 0 aliphatic heterocycles. The molecule has 0 bridgehead atoms. The van der Waals surface area contributed by atoms with Gasteiger partial charge in [-0.1, -0.05) is 152 Å². The van der Waals surface area contributed by atoms with Gasteiger partial charge in [-0.05, 0) is 86.6 Å². The lowest BCUT2D eigenvalue weighted by Gasteiger charge is -2.35. The maximum absolute atomic E-state index is 5.03. The van der Waals surface area contributed by atoms with E-state index < -0.39 is 5.41 Å². The first kappa shape index (κ1) is 29.6. The summed E-state index contributed by atoms with van der Waals surface area (Å²) < 4.78 is 1.16. The van der Waals surface area contributed by atoms with E-state index in [-0.39, 0.29) is 0 Å². The number of hydrogen-bond acceptors (Lipinski definition) is 3. The molecule has 1 aromatic heterocycles. The Morgan fingerprint density at radius 1 is 0.431 bits per heavy atom. The van der Waals surface area contributed by atoms with Crippen LogP contribution in [0.2, 0.25) is 0 Å². The van der Waals surface area contributed by atoms with E-state index in [2.05, 4.69) is 199 Å². The second kappa shape index (κ2) is 11.9. The minimum Gasteiger partial charge on any atom is -0.310 e. The Kier molecular flexibility index (Phi) is 6.93. The Morgan fingerprint density at radius 2 is 1.00 bits per heavy atom. The number of thiazole rings is 1. The zero-order valence-electron chi connectivity index (χ0n) is 27.8. The number of nitrogens with zero attached hydrogens (tertiary/aromatic N) is 2. The highest BCUT2D eigenvalue weighted by Crippen LogP contribution is 2.57. The van der Waals surface area contributed by atoms with Crippen molar-refractivity contribution in [3.05, 3.63) is 216 Å². The van der Waals surface area contributed by atoms with Crippen LogP contribution in [0.3, 0.4) is 0 Å². The molecule has 10 rings (SSSR count). The first-order valence-corrected chi connectivity index (χ1v) is 18.2. The zero-order chi connectivity index (χ0) is 33.8. The molecule has 2 nitrogen and oxygen atoms in total. The van der Waals surface area contributed by atoms with E-state index in [1.807, 2.05) is 0 Å². The number of aromatic nitrogens is 1. The van der Waals surface area contributed by atoms with Crippen LogP contribution in [-0.4, -0.2) is 4.98 Å². The van der Waals surface area contributed by atoms with Crippen LogP contribution in [0.5, 0.6) is 0 Å². The van der Waals surface area contributed by atoms with Gasteiger partial charge in [-0.15, -0.1) is 11.3 Å². The van der Waals surface area contributed by atoms with Crippen molar-refractivity contribution in [3.63, 3.8) is 0 Å². The highest BCUT2D eigenvalue weighted by molar-refractivity contribution is 7.21. The summed E-state index contributed by atoms with van der Waals surface area (Å²) in [5, 5.41) is 3.47. The van der Waals surface area contributed by atoms with Crippen LogP contribution in [-0.2, 0) is 5.41 Å². The molecule has 8 aromatic carbocycles. The van der Waals surface area contributed by atoms with Crippen molar-refractivity contribution in [2.24, 2.45) is 0 Å². The molecule has 0 saturated carbocycles. The molecule has 0 N–H and O–H groups in total. The predicted molar refractivity (Wildman–Crippen MR) is 215 cm³/mol. The van der Waals surface area contributed by atoms with Crippen LogP contribution < -0.4 is 4.90 Å². The Bertz CT molecular complexity index is 2660. The topological polar surface area (TPSA) is 16.1 Å². The second-order valence-corrected chi connectivity index (χ2v) is 14.2. The molecule has 0 atom stereocenters. The van der Waals surface area contributed by atoms with Crippen molar-refractivity contribution in [1.82, 2.24) is 4.98 Å². The fourth-order valence-electron chi connectivity index (χ4n) is 8.09. The molecule has 1 aliphatic carbocycles. The largest absolute Gasteiger partial charge is 0.310 e. The molecule has 0 fully saturated rings. The van der Waals surface area contributed by atoms with Crippen LogP contribution in [0.4, 0.5) is 17.1 Å². The zero-order valence-corrected chi connectivity index (χ0v) is 28.6. The van der Waals surface area contributed by atoms with Crippen molar-refractivity contribution >= 4 is 49.4 Å². The van der Waals surface area contributed by atoms with E-state index in [1.165, 1.54) is 44.2 Å². The second-order valence-electron chi connectivity index (χ2n) is 13.2. The van der Waals surface area contributed by atoms with E-state index in [4.69, 9.17) is 4.98 Å². The molecule has 3 heteroatoms. The van der Waals surface area contributed by atoms with E-state index in [9.17, 15) is 0 Å². The molecular formula is C48H32N2S. The van der Waals surface area contributed by atoms with Gasteiger partial charge in [-0.25, -0.2) is 4.98 Å². The van der Waals surface area contributed by atoms with Crippen molar-refractivity contribution in [2.45, 2.75) is 5.41 Å². The quantitative estimate of drug-likeness (QED) is 0.175. The average molecular weight is 669 g/mol. The van der Waals surface area contributed by atoms with Gasteiger partial charge < -0.3 is 4.90 Å². The van der Waals surface area contributed by atoms with Gasteiger partial charge in [-0.3, -0.25) is 0 Å². The smallest absolute Gasteiger partial charge is 0.124 e. The Hall–Kier alpha value is -6.29.